The minimum absolute atomic E-state index is 0.0104. The van der Waals surface area contributed by atoms with E-state index in [9.17, 15) is 8.42 Å². The van der Waals surface area contributed by atoms with Crippen LogP contribution in [0.2, 0.25) is 0 Å². The highest BCUT2D eigenvalue weighted by atomic mass is 32.2. The number of fused-ring (bicyclic) bond motifs is 7. The maximum absolute atomic E-state index is 12.1. The SMILES string of the molecule is C1=CC2Sc3ccccc3C2C=C1.CC.CC.CC.CC.CC.CC.CC.CC.CC.CC.CC.CC.CC.CC.CC.CC.Cc1cc(C)c(C)cc1C.O=S1(=O)c2ccccc2C2C=CC=CC21.c1ccc(-c2ccccc2)cc1.c1ccc2ccccc2c1. The molecule has 0 saturated carbocycles. The van der Waals surface area contributed by atoms with Crippen molar-refractivity contribution in [1.82, 2.24) is 0 Å². The molecule has 0 radical (unpaired) electrons. The maximum atomic E-state index is 12.1. The van der Waals surface area contributed by atoms with Gasteiger partial charge in [-0.1, -0.05) is 428 Å². The number of aryl methyl sites for hydroxylation is 4. The van der Waals surface area contributed by atoms with Crippen molar-refractivity contribution in [2.45, 2.75) is 281 Å². The van der Waals surface area contributed by atoms with Crippen molar-refractivity contribution in [3.63, 3.8) is 0 Å². The Balaban J connectivity index is -0.000000103. The summed E-state index contributed by atoms with van der Waals surface area (Å²) in [4.78, 5) is 1.95. The lowest BCUT2D eigenvalue weighted by Gasteiger charge is -2.14. The smallest absolute Gasteiger partial charge is 0.185 e. The van der Waals surface area contributed by atoms with Crippen LogP contribution < -0.4 is 0 Å². The Kier molecular flexibility index (Phi) is 97.2. The number of allylic oxidation sites excluding steroid dienone is 6. The Morgan fingerprint density at radius 3 is 0.913 bits per heavy atom. The minimum atomic E-state index is -3.14. The molecule has 0 saturated heterocycles. The normalized spacial score (nSPS) is 13.4. The van der Waals surface area contributed by atoms with Gasteiger partial charge < -0.3 is 0 Å². The van der Waals surface area contributed by atoms with Gasteiger partial charge in [0.25, 0.3) is 0 Å². The van der Waals surface area contributed by atoms with Crippen LogP contribution in [0.15, 0.2) is 228 Å². The summed E-state index contributed by atoms with van der Waals surface area (Å²) in [7, 11) is -3.14. The molecule has 4 aliphatic rings. The first-order valence-corrected chi connectivity index (χ1v) is 39.0. The molecule has 2 aliphatic heterocycles. The molecule has 0 fully saturated rings. The zero-order valence-corrected chi connectivity index (χ0v) is 68.4. The van der Waals surface area contributed by atoms with E-state index in [0.29, 0.717) is 16.1 Å². The third-order valence-electron chi connectivity index (χ3n) is 11.3. The Labute approximate surface area is 581 Å². The Hall–Kier alpha value is -5.94. The summed E-state index contributed by atoms with van der Waals surface area (Å²) in [5.74, 6) is 0.627. The van der Waals surface area contributed by atoms with Crippen LogP contribution in [0.3, 0.4) is 0 Å². The zero-order valence-electron chi connectivity index (χ0n) is 66.7. The number of benzene rings is 7. The van der Waals surface area contributed by atoms with Crippen LogP contribution in [-0.4, -0.2) is 18.9 Å². The quantitative estimate of drug-likeness (QED) is 0.164. The van der Waals surface area contributed by atoms with E-state index in [0.717, 1.165) is 5.56 Å². The van der Waals surface area contributed by atoms with Gasteiger partial charge in [-0.15, -0.1) is 11.8 Å². The highest BCUT2D eigenvalue weighted by Crippen LogP contribution is 2.47. The average molecular weight is 1300 g/mol. The standard InChI is InChI=1S/C12H10O2S.C12H10S.C12H10.C10H8.C10H14.16C2H6/c13-15(14)11-7-3-1-5-9(11)10-6-2-4-8-12(10)15;1-3-7-11-9(5-1)10-6-2-4-8-12(10)13-11;1-3-7-11(8-4-1)12-9-5-2-6-10-12;1-2-6-10-8-4-3-7-9(10)5-1;1-7-5-9(3)10(4)6-8(7)2;16*1-2/h1-9,11H;1-9,11H;1-10H;1-8H;5-6H,1-4H3;16*1-2H3. The fraction of sp³-hybridized carbons (Fsp3) is 0.455. The van der Waals surface area contributed by atoms with Crippen molar-refractivity contribution < 1.29 is 8.42 Å². The second-order valence-corrected chi connectivity index (χ2v) is 18.7. The molecule has 0 spiro atoms. The number of hydrogen-bond acceptors (Lipinski definition) is 3. The molecular formula is C88H148O2S2. The lowest BCUT2D eigenvalue weighted by Crippen LogP contribution is -2.18. The number of hydrogen-bond donors (Lipinski definition) is 0. The zero-order chi connectivity index (χ0) is 73.9. The second-order valence-electron chi connectivity index (χ2n) is 15.4. The van der Waals surface area contributed by atoms with Gasteiger partial charge >= 0.3 is 0 Å². The Morgan fingerprint density at radius 2 is 0.554 bits per heavy atom. The van der Waals surface area contributed by atoms with Crippen LogP contribution >= 0.6 is 11.8 Å². The van der Waals surface area contributed by atoms with E-state index in [1.165, 1.54) is 54.6 Å². The molecule has 92 heavy (non-hydrogen) atoms. The van der Waals surface area contributed by atoms with Gasteiger partial charge in [0.15, 0.2) is 9.84 Å². The molecule has 0 N–H and O–H groups in total. The first-order chi connectivity index (χ1) is 45.2. The topological polar surface area (TPSA) is 34.1 Å². The van der Waals surface area contributed by atoms with E-state index in [1.54, 1.807) is 18.2 Å². The van der Waals surface area contributed by atoms with Crippen molar-refractivity contribution in [3.05, 3.63) is 252 Å². The molecule has 4 unspecified atom stereocenters. The van der Waals surface area contributed by atoms with E-state index >= 15 is 0 Å². The van der Waals surface area contributed by atoms with E-state index in [4.69, 9.17) is 0 Å². The minimum Gasteiger partial charge on any atom is -0.223 e. The summed E-state index contributed by atoms with van der Waals surface area (Å²) < 4.78 is 24.3. The molecule has 4 atom stereocenters. The van der Waals surface area contributed by atoms with Gasteiger partial charge in [0.05, 0.1) is 10.1 Å². The van der Waals surface area contributed by atoms with E-state index in [-0.39, 0.29) is 11.2 Å². The third kappa shape index (κ3) is 43.1. The molecule has 0 amide bonds. The average Bonchev–Trinajstić information content (AvgIpc) is 1.63. The van der Waals surface area contributed by atoms with E-state index in [2.05, 4.69) is 185 Å². The fourth-order valence-electron chi connectivity index (χ4n) is 7.81. The largest absolute Gasteiger partial charge is 0.223 e. The van der Waals surface area contributed by atoms with Crippen LogP contribution in [0.1, 0.15) is 267 Å². The maximum Gasteiger partial charge on any atom is 0.185 e. The van der Waals surface area contributed by atoms with E-state index < -0.39 is 9.84 Å². The van der Waals surface area contributed by atoms with Gasteiger partial charge in [0.1, 0.15) is 0 Å². The van der Waals surface area contributed by atoms with Gasteiger partial charge in [0.2, 0.25) is 0 Å². The van der Waals surface area contributed by atoms with Crippen molar-refractivity contribution in [3.8, 4) is 11.1 Å². The second kappa shape index (κ2) is 83.1. The van der Waals surface area contributed by atoms with Gasteiger partial charge in [-0.25, -0.2) is 8.42 Å². The summed E-state index contributed by atoms with van der Waals surface area (Å²) in [6.45, 7) is 72.6. The van der Waals surface area contributed by atoms with E-state index in [1.807, 2.05) is 276 Å². The summed E-state index contributed by atoms with van der Waals surface area (Å²) in [5.41, 5.74) is 10.6. The molecule has 2 nitrogen and oxygen atoms in total. The molecular weight excluding hydrogens is 1150 g/mol. The molecule has 2 aliphatic carbocycles. The molecule has 7 aromatic rings. The van der Waals surface area contributed by atoms with Gasteiger partial charge in [-0.05, 0) is 95.1 Å². The van der Waals surface area contributed by atoms with Crippen LogP contribution in [0.4, 0.5) is 0 Å². The molecule has 0 bridgehead atoms. The highest BCUT2D eigenvalue weighted by Gasteiger charge is 2.42. The van der Waals surface area contributed by atoms with Gasteiger partial charge in [-0.2, -0.15) is 0 Å². The first-order valence-electron chi connectivity index (χ1n) is 36.6. The van der Waals surface area contributed by atoms with Gasteiger partial charge in [-0.3, -0.25) is 0 Å². The monoisotopic (exact) mass is 1300 g/mol. The third-order valence-corrected chi connectivity index (χ3v) is 14.8. The molecule has 524 valence electrons. The number of thioether (sulfide) groups is 1. The molecule has 7 aromatic carbocycles. The summed E-state index contributed by atoms with van der Waals surface area (Å²) in [6.07, 6.45) is 16.4. The fourth-order valence-corrected chi connectivity index (χ4v) is 11.2. The molecule has 4 heteroatoms. The molecule has 11 rings (SSSR count). The number of rotatable bonds is 1. The van der Waals surface area contributed by atoms with Gasteiger partial charge in [0, 0.05) is 22.0 Å². The molecule has 0 aromatic heterocycles. The number of sulfone groups is 1. The Bertz CT molecular complexity index is 2610. The predicted molar refractivity (Wildman–Crippen MR) is 438 cm³/mol. The molecule has 2 heterocycles. The predicted octanol–water partition coefficient (Wildman–Crippen LogP) is 31.0. The van der Waals surface area contributed by atoms with Crippen LogP contribution in [0.25, 0.3) is 21.9 Å². The van der Waals surface area contributed by atoms with Crippen LogP contribution in [0, 0.1) is 27.7 Å². The first kappa shape index (κ1) is 108. The summed E-state index contributed by atoms with van der Waals surface area (Å²) >= 11 is 1.98. The Morgan fingerprint density at radius 1 is 0.283 bits per heavy atom. The highest BCUT2D eigenvalue weighted by molar-refractivity contribution is 8.00. The van der Waals surface area contributed by atoms with Crippen LogP contribution in [0.5, 0.6) is 0 Å². The van der Waals surface area contributed by atoms with Crippen LogP contribution in [-0.2, 0) is 9.84 Å². The summed E-state index contributed by atoms with van der Waals surface area (Å²) in [5, 5.41) is 2.87. The van der Waals surface area contributed by atoms with Crippen molar-refractivity contribution in [2.75, 3.05) is 0 Å². The summed E-state index contributed by atoms with van der Waals surface area (Å²) in [6, 6.07) is 58.0. The van der Waals surface area contributed by atoms with Crippen molar-refractivity contribution >= 4 is 32.4 Å². The lowest BCUT2D eigenvalue weighted by atomic mass is 9.93. The van der Waals surface area contributed by atoms with Crippen molar-refractivity contribution in [1.29, 1.82) is 0 Å². The lowest BCUT2D eigenvalue weighted by molar-refractivity contribution is 0.592. The van der Waals surface area contributed by atoms with Crippen molar-refractivity contribution in [2.24, 2.45) is 0 Å².